The van der Waals surface area contributed by atoms with Gasteiger partial charge < -0.3 is 10.2 Å². The third-order valence-corrected chi connectivity index (χ3v) is 4.22. The van der Waals surface area contributed by atoms with Gasteiger partial charge in [0.15, 0.2) is 0 Å². The van der Waals surface area contributed by atoms with Gasteiger partial charge in [0.05, 0.1) is 5.92 Å². The minimum absolute atomic E-state index is 0.0344. The highest BCUT2D eigenvalue weighted by molar-refractivity contribution is 6.00. The Hall–Kier alpha value is -1.84. The quantitative estimate of drug-likeness (QED) is 0.914. The van der Waals surface area contributed by atoms with Crippen molar-refractivity contribution in [2.45, 2.75) is 39.2 Å². The number of benzene rings is 1. The highest BCUT2D eigenvalue weighted by Gasteiger charge is 2.37. The summed E-state index contributed by atoms with van der Waals surface area (Å²) in [7, 11) is 0. The lowest BCUT2D eigenvalue weighted by Crippen LogP contribution is -2.34. The molecule has 0 unspecified atom stereocenters. The molecule has 1 aromatic carbocycles. The van der Waals surface area contributed by atoms with Crippen LogP contribution in [0, 0.1) is 19.8 Å². The molecule has 1 saturated carbocycles. The third kappa shape index (κ3) is 2.55. The van der Waals surface area contributed by atoms with Crippen LogP contribution in [0.2, 0.25) is 0 Å². The molecule has 1 N–H and O–H groups in total. The molecule has 1 aromatic rings. The molecule has 0 bridgehead atoms. The fourth-order valence-corrected chi connectivity index (χ4v) is 2.57. The van der Waals surface area contributed by atoms with Gasteiger partial charge in [0.1, 0.15) is 0 Å². The first kappa shape index (κ1) is 13.2. The van der Waals surface area contributed by atoms with Gasteiger partial charge in [-0.1, -0.05) is 6.07 Å². The predicted octanol–water partition coefficient (Wildman–Crippen LogP) is 1.93. The van der Waals surface area contributed by atoms with Crippen LogP contribution in [0.25, 0.3) is 0 Å². The summed E-state index contributed by atoms with van der Waals surface area (Å²) in [6, 6.07) is 6.36. The van der Waals surface area contributed by atoms with Gasteiger partial charge in [0.25, 0.3) is 0 Å². The SMILES string of the molecule is Cc1ccc(N2C[C@H](C(=O)NC3CC3)CC2=O)cc1C. The van der Waals surface area contributed by atoms with Crippen molar-refractivity contribution in [2.75, 3.05) is 11.4 Å². The van der Waals surface area contributed by atoms with E-state index in [1.807, 2.05) is 25.1 Å². The number of rotatable bonds is 3. The van der Waals surface area contributed by atoms with E-state index in [1.54, 1.807) is 4.90 Å². The largest absolute Gasteiger partial charge is 0.353 e. The van der Waals surface area contributed by atoms with E-state index in [9.17, 15) is 9.59 Å². The van der Waals surface area contributed by atoms with Crippen molar-refractivity contribution in [1.82, 2.24) is 5.32 Å². The summed E-state index contributed by atoms with van der Waals surface area (Å²) in [5.41, 5.74) is 3.28. The molecule has 2 fully saturated rings. The number of nitrogens with one attached hydrogen (secondary N) is 1. The van der Waals surface area contributed by atoms with Gasteiger partial charge in [0.2, 0.25) is 11.8 Å². The van der Waals surface area contributed by atoms with E-state index in [0.717, 1.165) is 18.5 Å². The Labute approximate surface area is 119 Å². The molecule has 0 aromatic heterocycles. The molecule has 4 heteroatoms. The molecule has 20 heavy (non-hydrogen) atoms. The molecule has 2 amide bonds. The van der Waals surface area contributed by atoms with E-state index in [4.69, 9.17) is 0 Å². The highest BCUT2D eigenvalue weighted by Crippen LogP contribution is 2.28. The molecule has 0 radical (unpaired) electrons. The summed E-state index contributed by atoms with van der Waals surface area (Å²) >= 11 is 0. The molecule has 2 aliphatic rings. The van der Waals surface area contributed by atoms with Gasteiger partial charge in [-0.3, -0.25) is 9.59 Å². The van der Waals surface area contributed by atoms with E-state index in [1.165, 1.54) is 11.1 Å². The Kier molecular flexibility index (Phi) is 3.24. The molecular weight excluding hydrogens is 252 g/mol. The normalized spacial score (nSPS) is 22.2. The first-order valence-electron chi connectivity index (χ1n) is 7.22. The number of hydrogen-bond acceptors (Lipinski definition) is 2. The maximum Gasteiger partial charge on any atom is 0.227 e. The number of nitrogens with zero attached hydrogens (tertiary/aromatic N) is 1. The van der Waals surface area contributed by atoms with Crippen molar-refractivity contribution in [3.8, 4) is 0 Å². The zero-order chi connectivity index (χ0) is 14.3. The second-order valence-electron chi connectivity index (χ2n) is 5.96. The molecule has 3 rings (SSSR count). The Morgan fingerprint density at radius 1 is 1.25 bits per heavy atom. The summed E-state index contributed by atoms with van der Waals surface area (Å²) in [5.74, 6) is -0.124. The van der Waals surface area contributed by atoms with Crippen LogP contribution < -0.4 is 10.2 Å². The van der Waals surface area contributed by atoms with Crippen LogP contribution in [0.5, 0.6) is 0 Å². The zero-order valence-electron chi connectivity index (χ0n) is 12.0. The summed E-state index contributed by atoms with van der Waals surface area (Å²) < 4.78 is 0. The molecular formula is C16H20N2O2. The van der Waals surface area contributed by atoms with Crippen molar-refractivity contribution in [1.29, 1.82) is 0 Å². The molecule has 1 aliphatic carbocycles. The fourth-order valence-electron chi connectivity index (χ4n) is 2.57. The molecule has 1 aliphatic heterocycles. The van der Waals surface area contributed by atoms with Gasteiger partial charge in [-0.05, 0) is 49.9 Å². The molecule has 106 valence electrons. The second-order valence-corrected chi connectivity index (χ2v) is 5.96. The highest BCUT2D eigenvalue weighted by atomic mass is 16.2. The minimum atomic E-state index is -0.204. The zero-order valence-corrected chi connectivity index (χ0v) is 12.0. The molecule has 4 nitrogen and oxygen atoms in total. The van der Waals surface area contributed by atoms with Crippen LogP contribution in [0.4, 0.5) is 5.69 Å². The summed E-state index contributed by atoms with van der Waals surface area (Å²) in [6.45, 7) is 4.59. The van der Waals surface area contributed by atoms with Crippen LogP contribution in [-0.2, 0) is 9.59 Å². The average Bonchev–Trinajstić information content (AvgIpc) is 3.13. The maximum atomic E-state index is 12.1. The number of amides is 2. The van der Waals surface area contributed by atoms with Crippen molar-refractivity contribution in [3.63, 3.8) is 0 Å². The van der Waals surface area contributed by atoms with Gasteiger partial charge in [-0.15, -0.1) is 0 Å². The first-order valence-corrected chi connectivity index (χ1v) is 7.22. The Morgan fingerprint density at radius 2 is 2.00 bits per heavy atom. The van der Waals surface area contributed by atoms with Crippen LogP contribution in [0.1, 0.15) is 30.4 Å². The van der Waals surface area contributed by atoms with Gasteiger partial charge in [-0.2, -0.15) is 0 Å². The number of hydrogen-bond donors (Lipinski definition) is 1. The standard InChI is InChI=1S/C16H20N2O2/c1-10-3-6-14(7-11(10)2)18-9-12(8-15(18)19)16(20)17-13-4-5-13/h3,6-7,12-13H,4-5,8-9H2,1-2H3,(H,17,20)/t12-/m1/s1. The van der Waals surface area contributed by atoms with Crippen LogP contribution in [-0.4, -0.2) is 24.4 Å². The molecule has 1 atom stereocenters. The topological polar surface area (TPSA) is 49.4 Å². The van der Waals surface area contributed by atoms with Crippen molar-refractivity contribution >= 4 is 17.5 Å². The van der Waals surface area contributed by atoms with Crippen LogP contribution >= 0.6 is 0 Å². The Bertz CT molecular complexity index is 564. The predicted molar refractivity (Wildman–Crippen MR) is 77.5 cm³/mol. The summed E-state index contributed by atoms with van der Waals surface area (Å²) in [4.78, 5) is 25.9. The van der Waals surface area contributed by atoms with E-state index >= 15 is 0 Å². The number of carbonyl (C=O) groups is 2. The second kappa shape index (κ2) is 4.93. The smallest absolute Gasteiger partial charge is 0.227 e. The number of carbonyl (C=O) groups excluding carboxylic acids is 2. The van der Waals surface area contributed by atoms with Crippen LogP contribution in [0.15, 0.2) is 18.2 Å². The van der Waals surface area contributed by atoms with Crippen molar-refractivity contribution in [3.05, 3.63) is 29.3 Å². The Morgan fingerprint density at radius 3 is 2.65 bits per heavy atom. The lowest BCUT2D eigenvalue weighted by molar-refractivity contribution is -0.126. The lowest BCUT2D eigenvalue weighted by atomic mass is 10.1. The minimum Gasteiger partial charge on any atom is -0.353 e. The first-order chi connectivity index (χ1) is 9.54. The fraction of sp³-hybridized carbons (Fsp3) is 0.500. The summed E-state index contributed by atoms with van der Waals surface area (Å²) in [6.07, 6.45) is 2.48. The average molecular weight is 272 g/mol. The Balaban J connectivity index is 1.72. The van der Waals surface area contributed by atoms with Crippen LogP contribution in [0.3, 0.4) is 0 Å². The van der Waals surface area contributed by atoms with E-state index in [2.05, 4.69) is 12.2 Å². The molecule has 1 heterocycles. The summed E-state index contributed by atoms with van der Waals surface area (Å²) in [5, 5.41) is 2.99. The van der Waals surface area contributed by atoms with Crippen molar-refractivity contribution in [2.24, 2.45) is 5.92 Å². The third-order valence-electron chi connectivity index (χ3n) is 4.22. The van der Waals surface area contributed by atoms with Crippen molar-refractivity contribution < 1.29 is 9.59 Å². The number of aryl methyl sites for hydroxylation is 2. The maximum absolute atomic E-state index is 12.1. The lowest BCUT2D eigenvalue weighted by Gasteiger charge is -2.18. The van der Waals surface area contributed by atoms with E-state index in [-0.39, 0.29) is 17.7 Å². The molecule has 0 spiro atoms. The van der Waals surface area contributed by atoms with Gasteiger partial charge in [0, 0.05) is 24.7 Å². The van der Waals surface area contributed by atoms with E-state index in [0.29, 0.717) is 19.0 Å². The van der Waals surface area contributed by atoms with Gasteiger partial charge in [-0.25, -0.2) is 0 Å². The molecule has 1 saturated heterocycles. The monoisotopic (exact) mass is 272 g/mol. The number of anilines is 1. The van der Waals surface area contributed by atoms with Gasteiger partial charge >= 0.3 is 0 Å². The van der Waals surface area contributed by atoms with E-state index < -0.39 is 0 Å².